The molecule has 0 spiro atoms. The molecule has 28 heavy (non-hydrogen) atoms. The van der Waals surface area contributed by atoms with Gasteiger partial charge in [0.05, 0.1) is 16.9 Å². The van der Waals surface area contributed by atoms with E-state index in [0.29, 0.717) is 21.4 Å². The Morgan fingerprint density at radius 1 is 1.25 bits per heavy atom. The summed E-state index contributed by atoms with van der Waals surface area (Å²) >= 11 is 7.59. The van der Waals surface area contributed by atoms with Gasteiger partial charge in [-0.1, -0.05) is 17.7 Å². The third-order valence-corrected chi connectivity index (χ3v) is 5.19. The maximum absolute atomic E-state index is 12.8. The zero-order valence-corrected chi connectivity index (χ0v) is 16.1. The fraction of sp³-hybridized carbons (Fsp3) is 0.0526. The molecule has 0 saturated heterocycles. The number of carbonyl (C=O) groups excluding carboxylic acids is 1. The molecule has 4 aromatic rings. The molecular formula is C19H13ClN4O3S. The summed E-state index contributed by atoms with van der Waals surface area (Å²) in [5, 5.41) is 4.80. The summed E-state index contributed by atoms with van der Waals surface area (Å²) in [6, 6.07) is 8.38. The Bertz CT molecular complexity index is 1240. The lowest BCUT2D eigenvalue weighted by Crippen LogP contribution is -2.26. The topological polar surface area (TPSA) is 85.6 Å². The third-order valence-electron chi connectivity index (χ3n) is 3.93. The number of para-hydroxylation sites is 1. The number of nitrogens with one attached hydrogen (secondary N) is 1. The van der Waals surface area contributed by atoms with Crippen LogP contribution in [0.3, 0.4) is 0 Å². The van der Waals surface area contributed by atoms with Gasteiger partial charge in [-0.2, -0.15) is 0 Å². The number of aromatic nitrogens is 3. The summed E-state index contributed by atoms with van der Waals surface area (Å²) in [4.78, 5) is 34.1. The molecule has 9 heteroatoms. The molecule has 0 saturated carbocycles. The van der Waals surface area contributed by atoms with Crippen LogP contribution in [0.2, 0.25) is 5.02 Å². The number of rotatable bonds is 4. The van der Waals surface area contributed by atoms with Crippen molar-refractivity contribution in [2.24, 2.45) is 0 Å². The summed E-state index contributed by atoms with van der Waals surface area (Å²) in [7, 11) is 0. The van der Waals surface area contributed by atoms with Gasteiger partial charge in [-0.15, -0.1) is 11.3 Å². The molecule has 0 aliphatic carbocycles. The van der Waals surface area contributed by atoms with Gasteiger partial charge in [0.15, 0.2) is 10.7 Å². The number of pyridine rings is 1. The van der Waals surface area contributed by atoms with Crippen molar-refractivity contribution >= 4 is 39.5 Å². The minimum atomic E-state index is -0.601. The molecule has 0 radical (unpaired) electrons. The fourth-order valence-corrected chi connectivity index (χ4v) is 3.65. The van der Waals surface area contributed by atoms with Crippen molar-refractivity contribution in [2.75, 3.05) is 5.32 Å². The molecule has 4 rings (SSSR count). The molecule has 3 heterocycles. The number of benzene rings is 1. The molecular weight excluding hydrogens is 400 g/mol. The second-order valence-corrected chi connectivity index (χ2v) is 7.08. The molecule has 140 valence electrons. The smallest absolute Gasteiger partial charge is 0.271 e. The van der Waals surface area contributed by atoms with Crippen LogP contribution >= 0.6 is 22.9 Å². The second kappa shape index (κ2) is 7.41. The molecule has 1 N–H and O–H groups in total. The molecule has 0 aliphatic heterocycles. The van der Waals surface area contributed by atoms with Crippen LogP contribution < -0.4 is 15.6 Å². The highest BCUT2D eigenvalue weighted by atomic mass is 35.5. The number of fused-ring (bicyclic) bond motifs is 1. The summed E-state index contributed by atoms with van der Waals surface area (Å²) in [6.45, 7) is 1.78. The summed E-state index contributed by atoms with van der Waals surface area (Å²) < 4.78 is 7.19. The summed E-state index contributed by atoms with van der Waals surface area (Å²) in [6.07, 6.45) is 4.42. The van der Waals surface area contributed by atoms with Crippen molar-refractivity contribution in [3.63, 3.8) is 0 Å². The van der Waals surface area contributed by atoms with Gasteiger partial charge in [-0.25, -0.2) is 4.98 Å². The third kappa shape index (κ3) is 3.35. The fourth-order valence-electron chi connectivity index (χ4n) is 2.61. The number of amides is 1. The Balaban J connectivity index is 1.69. The molecule has 7 nitrogen and oxygen atoms in total. The second-order valence-electron chi connectivity index (χ2n) is 5.83. The van der Waals surface area contributed by atoms with E-state index in [-0.39, 0.29) is 11.3 Å². The van der Waals surface area contributed by atoms with Gasteiger partial charge < -0.3 is 10.1 Å². The molecule has 1 amide bonds. The van der Waals surface area contributed by atoms with Gasteiger partial charge in [-0.05, 0) is 31.2 Å². The Hall–Kier alpha value is -3.23. The van der Waals surface area contributed by atoms with E-state index in [0.717, 1.165) is 5.69 Å². The van der Waals surface area contributed by atoms with Crippen LogP contribution in [0.4, 0.5) is 5.69 Å². The quantitative estimate of drug-likeness (QED) is 0.544. The van der Waals surface area contributed by atoms with Crippen LogP contribution in [-0.4, -0.2) is 20.3 Å². The largest absolute Gasteiger partial charge is 0.452 e. The van der Waals surface area contributed by atoms with Crippen LogP contribution in [0.15, 0.2) is 59.1 Å². The van der Waals surface area contributed by atoms with Crippen LogP contribution in [0.1, 0.15) is 16.1 Å². The Kier molecular flexibility index (Phi) is 4.81. The van der Waals surface area contributed by atoms with Crippen LogP contribution in [0.5, 0.6) is 11.5 Å². The van der Waals surface area contributed by atoms with Crippen molar-refractivity contribution in [3.05, 3.63) is 80.9 Å². The maximum Gasteiger partial charge on any atom is 0.271 e. The molecule has 0 fully saturated rings. The number of thiazole rings is 1. The zero-order chi connectivity index (χ0) is 19.7. The van der Waals surface area contributed by atoms with Gasteiger partial charge in [0.25, 0.3) is 11.5 Å². The molecule has 0 atom stereocenters. The number of hydrogen-bond donors (Lipinski definition) is 1. The number of aryl methyl sites for hydroxylation is 1. The van der Waals surface area contributed by atoms with Crippen molar-refractivity contribution in [3.8, 4) is 11.5 Å². The van der Waals surface area contributed by atoms with Crippen LogP contribution in [-0.2, 0) is 0 Å². The average Bonchev–Trinajstić information content (AvgIpc) is 3.07. The first-order valence-electron chi connectivity index (χ1n) is 8.18. The van der Waals surface area contributed by atoms with E-state index in [1.54, 1.807) is 43.5 Å². The minimum Gasteiger partial charge on any atom is -0.452 e. The molecule has 0 bridgehead atoms. The van der Waals surface area contributed by atoms with E-state index in [1.807, 2.05) is 5.38 Å². The standard InChI is InChI=1S/C19H13ClN4O3S/c1-11-10-28-19-22-9-13(18(26)24(11)19)17(25)23-15-6-2-5-14(20)16(15)27-12-4-3-7-21-8-12/h2-10H,1H3,(H,23,25). The predicted molar refractivity (Wildman–Crippen MR) is 108 cm³/mol. The van der Waals surface area contributed by atoms with Crippen molar-refractivity contribution < 1.29 is 9.53 Å². The lowest BCUT2D eigenvalue weighted by Gasteiger charge is -2.13. The van der Waals surface area contributed by atoms with Crippen molar-refractivity contribution in [1.82, 2.24) is 14.4 Å². The lowest BCUT2D eigenvalue weighted by molar-refractivity contribution is 0.102. The molecule has 3 aromatic heterocycles. The number of halogens is 1. The van der Waals surface area contributed by atoms with E-state index < -0.39 is 11.5 Å². The number of carbonyl (C=O) groups is 1. The number of anilines is 1. The highest BCUT2D eigenvalue weighted by Crippen LogP contribution is 2.36. The normalized spacial score (nSPS) is 10.8. The van der Waals surface area contributed by atoms with Gasteiger partial charge in [0.2, 0.25) is 0 Å². The monoisotopic (exact) mass is 412 g/mol. The first-order chi connectivity index (χ1) is 13.5. The average molecular weight is 413 g/mol. The van der Waals surface area contributed by atoms with Gasteiger partial charge >= 0.3 is 0 Å². The van der Waals surface area contributed by atoms with E-state index >= 15 is 0 Å². The highest BCUT2D eigenvalue weighted by molar-refractivity contribution is 7.15. The molecule has 0 aliphatic rings. The summed E-state index contributed by atoms with van der Waals surface area (Å²) in [5.41, 5.74) is 0.535. The number of hydrogen-bond acceptors (Lipinski definition) is 6. The van der Waals surface area contributed by atoms with Crippen LogP contribution in [0.25, 0.3) is 4.96 Å². The Morgan fingerprint density at radius 2 is 2.11 bits per heavy atom. The van der Waals surface area contributed by atoms with Crippen molar-refractivity contribution in [1.29, 1.82) is 0 Å². The number of nitrogens with zero attached hydrogens (tertiary/aromatic N) is 3. The zero-order valence-electron chi connectivity index (χ0n) is 14.5. The Labute approximate surface area is 168 Å². The first kappa shape index (κ1) is 18.1. The van der Waals surface area contributed by atoms with Crippen LogP contribution in [0, 0.1) is 6.92 Å². The maximum atomic E-state index is 12.8. The van der Waals surface area contributed by atoms with E-state index in [9.17, 15) is 9.59 Å². The SMILES string of the molecule is Cc1csc2ncc(C(=O)Nc3cccc(Cl)c3Oc3cccnc3)c(=O)n12. The predicted octanol–water partition coefficient (Wildman–Crippen LogP) is 4.16. The van der Waals surface area contributed by atoms with E-state index in [4.69, 9.17) is 16.3 Å². The minimum absolute atomic E-state index is 0.0775. The number of ether oxygens (including phenoxy) is 1. The van der Waals surface area contributed by atoms with E-state index in [2.05, 4.69) is 15.3 Å². The van der Waals surface area contributed by atoms with Gasteiger partial charge in [0, 0.05) is 23.5 Å². The lowest BCUT2D eigenvalue weighted by atomic mass is 10.2. The Morgan fingerprint density at radius 3 is 2.89 bits per heavy atom. The van der Waals surface area contributed by atoms with Crippen molar-refractivity contribution in [2.45, 2.75) is 6.92 Å². The van der Waals surface area contributed by atoms with E-state index in [1.165, 1.54) is 28.1 Å². The van der Waals surface area contributed by atoms with Gasteiger partial charge in [0.1, 0.15) is 11.3 Å². The molecule has 0 unspecified atom stereocenters. The van der Waals surface area contributed by atoms with Gasteiger partial charge in [-0.3, -0.25) is 19.0 Å². The highest BCUT2D eigenvalue weighted by Gasteiger charge is 2.18. The summed E-state index contributed by atoms with van der Waals surface area (Å²) in [5.74, 6) is 0.116. The first-order valence-corrected chi connectivity index (χ1v) is 9.44. The molecule has 1 aromatic carbocycles.